The van der Waals surface area contributed by atoms with Crippen LogP contribution in [0.25, 0.3) is 6.08 Å². The summed E-state index contributed by atoms with van der Waals surface area (Å²) in [5, 5.41) is 10.2. The quantitative estimate of drug-likeness (QED) is 0.867. The van der Waals surface area contributed by atoms with Gasteiger partial charge >= 0.3 is 0 Å². The normalized spacial score (nSPS) is 27.2. The van der Waals surface area contributed by atoms with Gasteiger partial charge in [0.1, 0.15) is 17.1 Å². The fourth-order valence-electron chi connectivity index (χ4n) is 2.77. The first kappa shape index (κ1) is 14.4. The summed E-state index contributed by atoms with van der Waals surface area (Å²) in [7, 11) is 0. The molecule has 1 N–H and O–H groups in total. The Morgan fingerprint density at radius 2 is 2.14 bits per heavy atom. The molecule has 1 aliphatic carbocycles. The second-order valence-corrected chi connectivity index (χ2v) is 6.85. The van der Waals surface area contributed by atoms with Gasteiger partial charge in [0.25, 0.3) is 0 Å². The summed E-state index contributed by atoms with van der Waals surface area (Å²) in [5.41, 5.74) is -0.719. The molecule has 1 amide bonds. The van der Waals surface area contributed by atoms with Crippen LogP contribution in [-0.4, -0.2) is 34.6 Å². The van der Waals surface area contributed by atoms with Crippen molar-refractivity contribution in [2.75, 3.05) is 13.1 Å². The van der Waals surface area contributed by atoms with Gasteiger partial charge in [-0.3, -0.25) is 4.79 Å². The van der Waals surface area contributed by atoms with Crippen molar-refractivity contribution >= 4 is 12.0 Å². The molecule has 4 nitrogen and oxygen atoms in total. The van der Waals surface area contributed by atoms with E-state index in [2.05, 4.69) is 6.92 Å². The van der Waals surface area contributed by atoms with E-state index in [1.54, 1.807) is 11.0 Å². The SMILES string of the molecule is CC1CC1c1ccc(C=CC(=O)N2CC(O)(C(C)C)C2)o1. The lowest BCUT2D eigenvalue weighted by Gasteiger charge is -2.48. The van der Waals surface area contributed by atoms with E-state index in [0.29, 0.717) is 24.9 Å². The minimum absolute atomic E-state index is 0.0712. The van der Waals surface area contributed by atoms with Crippen molar-refractivity contribution in [1.29, 1.82) is 0 Å². The summed E-state index contributed by atoms with van der Waals surface area (Å²) < 4.78 is 5.73. The third-order valence-corrected chi connectivity index (χ3v) is 4.83. The lowest BCUT2D eigenvalue weighted by Crippen LogP contribution is -2.65. The van der Waals surface area contributed by atoms with E-state index in [1.807, 2.05) is 26.0 Å². The number of rotatable bonds is 4. The standard InChI is InChI=1S/C17H23NO3/c1-11(2)17(20)9-18(10-17)16(19)7-5-13-4-6-15(21-13)14-8-12(14)3/h4-7,11-12,14,20H,8-10H2,1-3H3. The first-order chi connectivity index (χ1) is 9.89. The van der Waals surface area contributed by atoms with Crippen molar-refractivity contribution in [1.82, 2.24) is 4.90 Å². The third kappa shape index (κ3) is 2.77. The van der Waals surface area contributed by atoms with Crippen molar-refractivity contribution in [2.45, 2.75) is 38.7 Å². The molecule has 2 unspecified atom stereocenters. The monoisotopic (exact) mass is 289 g/mol. The number of hydrogen-bond acceptors (Lipinski definition) is 3. The average Bonchev–Trinajstić information content (AvgIpc) is 2.95. The Hall–Kier alpha value is -1.55. The number of likely N-dealkylation sites (tertiary alicyclic amines) is 1. The zero-order chi connectivity index (χ0) is 15.2. The Morgan fingerprint density at radius 1 is 1.48 bits per heavy atom. The number of hydrogen-bond donors (Lipinski definition) is 1. The van der Waals surface area contributed by atoms with E-state index >= 15 is 0 Å². The summed E-state index contributed by atoms with van der Waals surface area (Å²) in [6, 6.07) is 3.91. The van der Waals surface area contributed by atoms with Crippen molar-refractivity contribution in [3.63, 3.8) is 0 Å². The number of carbonyl (C=O) groups excluding carboxylic acids is 1. The first-order valence-corrected chi connectivity index (χ1v) is 7.68. The maximum Gasteiger partial charge on any atom is 0.246 e. The summed E-state index contributed by atoms with van der Waals surface area (Å²) in [6.07, 6.45) is 4.43. The summed E-state index contributed by atoms with van der Waals surface area (Å²) >= 11 is 0. The molecule has 1 saturated heterocycles. The van der Waals surface area contributed by atoms with Crippen LogP contribution in [0.2, 0.25) is 0 Å². The van der Waals surface area contributed by atoms with Crippen LogP contribution in [0.5, 0.6) is 0 Å². The van der Waals surface area contributed by atoms with E-state index in [0.717, 1.165) is 11.5 Å². The van der Waals surface area contributed by atoms with Gasteiger partial charge in [0.15, 0.2) is 0 Å². The van der Waals surface area contributed by atoms with Gasteiger partial charge in [-0.05, 0) is 36.5 Å². The second kappa shape index (κ2) is 5.02. The van der Waals surface area contributed by atoms with E-state index < -0.39 is 5.60 Å². The predicted octanol–water partition coefficient (Wildman–Crippen LogP) is 2.65. The molecular weight excluding hydrogens is 266 g/mol. The number of β-amino-alcohol motifs (C(OH)–C–C–N with tert-alkyl or cyclic N) is 1. The van der Waals surface area contributed by atoms with Gasteiger partial charge in [0.05, 0.1) is 13.1 Å². The molecular formula is C17H23NO3. The summed E-state index contributed by atoms with van der Waals surface area (Å²) in [6.45, 7) is 6.99. The van der Waals surface area contributed by atoms with E-state index in [-0.39, 0.29) is 11.8 Å². The first-order valence-electron chi connectivity index (χ1n) is 7.68. The van der Waals surface area contributed by atoms with Crippen molar-refractivity contribution in [2.24, 2.45) is 11.8 Å². The molecule has 1 aromatic heterocycles. The molecule has 21 heavy (non-hydrogen) atoms. The Balaban J connectivity index is 1.55. The topological polar surface area (TPSA) is 53.7 Å². The Labute approximate surface area is 125 Å². The molecule has 0 spiro atoms. The molecule has 1 aliphatic heterocycles. The molecule has 114 valence electrons. The van der Waals surface area contributed by atoms with Crippen LogP contribution in [-0.2, 0) is 4.79 Å². The fraction of sp³-hybridized carbons (Fsp3) is 0.588. The van der Waals surface area contributed by atoms with E-state index in [9.17, 15) is 9.90 Å². The molecule has 0 radical (unpaired) electrons. The molecule has 1 aromatic rings. The van der Waals surface area contributed by atoms with Crippen LogP contribution < -0.4 is 0 Å². The number of nitrogens with zero attached hydrogens (tertiary/aromatic N) is 1. The lowest BCUT2D eigenvalue weighted by molar-refractivity contribution is -0.158. The number of aliphatic hydroxyl groups is 1. The smallest absolute Gasteiger partial charge is 0.246 e. The van der Waals surface area contributed by atoms with Crippen molar-refractivity contribution in [3.05, 3.63) is 29.7 Å². The van der Waals surface area contributed by atoms with Gasteiger partial charge in [0.2, 0.25) is 5.91 Å². The second-order valence-electron chi connectivity index (χ2n) is 6.85. The van der Waals surface area contributed by atoms with Crippen LogP contribution in [0.3, 0.4) is 0 Å². The zero-order valence-corrected chi connectivity index (χ0v) is 12.9. The van der Waals surface area contributed by atoms with E-state index in [4.69, 9.17) is 4.42 Å². The molecule has 0 bridgehead atoms. The zero-order valence-electron chi connectivity index (χ0n) is 12.9. The third-order valence-electron chi connectivity index (χ3n) is 4.83. The largest absolute Gasteiger partial charge is 0.461 e. The molecule has 2 heterocycles. The molecule has 2 atom stereocenters. The molecule has 2 fully saturated rings. The average molecular weight is 289 g/mol. The lowest BCUT2D eigenvalue weighted by atomic mass is 9.83. The number of amides is 1. The van der Waals surface area contributed by atoms with Crippen LogP contribution in [0.4, 0.5) is 0 Å². The maximum atomic E-state index is 12.0. The number of furan rings is 1. The summed E-state index contributed by atoms with van der Waals surface area (Å²) in [4.78, 5) is 13.7. The highest BCUT2D eigenvalue weighted by Crippen LogP contribution is 2.47. The van der Waals surface area contributed by atoms with Crippen molar-refractivity contribution < 1.29 is 14.3 Å². The molecule has 1 saturated carbocycles. The van der Waals surface area contributed by atoms with Gasteiger partial charge in [-0.1, -0.05) is 20.8 Å². The van der Waals surface area contributed by atoms with Gasteiger partial charge in [-0.2, -0.15) is 0 Å². The van der Waals surface area contributed by atoms with E-state index in [1.165, 1.54) is 12.5 Å². The van der Waals surface area contributed by atoms with Crippen molar-refractivity contribution in [3.8, 4) is 0 Å². The molecule has 2 aliphatic rings. The Kier molecular flexibility index (Phi) is 3.44. The predicted molar refractivity (Wildman–Crippen MR) is 80.6 cm³/mol. The Bertz CT molecular complexity index is 566. The molecule has 4 heteroatoms. The van der Waals surface area contributed by atoms with Gasteiger partial charge in [0, 0.05) is 12.0 Å². The maximum absolute atomic E-state index is 12.0. The van der Waals surface area contributed by atoms with Gasteiger partial charge in [-0.25, -0.2) is 0 Å². The molecule has 0 aromatic carbocycles. The van der Waals surface area contributed by atoms with Gasteiger partial charge < -0.3 is 14.4 Å². The highest BCUT2D eigenvalue weighted by Gasteiger charge is 2.45. The van der Waals surface area contributed by atoms with Crippen LogP contribution >= 0.6 is 0 Å². The number of carbonyl (C=O) groups is 1. The minimum Gasteiger partial charge on any atom is -0.461 e. The summed E-state index contributed by atoms with van der Waals surface area (Å²) in [5.74, 6) is 3.10. The molecule has 3 rings (SSSR count). The highest BCUT2D eigenvalue weighted by atomic mass is 16.3. The highest BCUT2D eigenvalue weighted by molar-refractivity contribution is 5.92. The van der Waals surface area contributed by atoms with Crippen LogP contribution in [0.1, 0.15) is 44.6 Å². The van der Waals surface area contributed by atoms with Gasteiger partial charge in [-0.15, -0.1) is 0 Å². The fourth-order valence-corrected chi connectivity index (χ4v) is 2.77. The van der Waals surface area contributed by atoms with Crippen LogP contribution in [0, 0.1) is 11.8 Å². The minimum atomic E-state index is -0.719. The van der Waals surface area contributed by atoms with Crippen LogP contribution in [0.15, 0.2) is 22.6 Å². The Morgan fingerprint density at radius 3 is 2.71 bits per heavy atom.